The number of amides is 1. The lowest BCUT2D eigenvalue weighted by molar-refractivity contribution is 0.0303. The minimum absolute atomic E-state index is 0.0728. The van der Waals surface area contributed by atoms with Gasteiger partial charge in [0.05, 0.1) is 38.1 Å². The number of methoxy groups -OCH3 is 1. The van der Waals surface area contributed by atoms with Crippen molar-refractivity contribution in [1.82, 2.24) is 35.1 Å². The molecule has 4 aromatic rings. The summed E-state index contributed by atoms with van der Waals surface area (Å²) in [6.45, 7) is 4.46. The van der Waals surface area contributed by atoms with Crippen molar-refractivity contribution in [3.63, 3.8) is 0 Å². The van der Waals surface area contributed by atoms with Crippen LogP contribution in [0.1, 0.15) is 22.8 Å². The van der Waals surface area contributed by atoms with E-state index in [1.165, 1.54) is 6.33 Å². The van der Waals surface area contributed by atoms with Crippen LogP contribution in [0, 0.1) is 11.3 Å². The Morgan fingerprint density at radius 3 is 2.62 bits per heavy atom. The van der Waals surface area contributed by atoms with Gasteiger partial charge in [-0.2, -0.15) is 5.26 Å². The molecule has 40 heavy (non-hydrogen) atoms. The molecule has 2 aromatic carbocycles. The van der Waals surface area contributed by atoms with Crippen LogP contribution < -0.4 is 14.8 Å². The first kappa shape index (κ1) is 26.5. The Morgan fingerprint density at radius 1 is 1.12 bits per heavy atom. The highest BCUT2D eigenvalue weighted by Gasteiger charge is 2.20. The molecular weight excluding hydrogens is 514 g/mol. The molecule has 1 atom stereocenters. The molecule has 1 amide bonds. The standard InChI is InChI=1S/C27H27N9O4/c1-18(16-36-17-31-33-34-36)40-25-12-19(3-4-21(25)13-28)22-14-29-27(30-15-22)32-23-11-20(5-6-24(23)38-2)26(37)35-7-9-39-10-8-35/h3-6,11-12,14-15,17-18H,7-10,16H2,1-2H3,(H,29,30,32). The van der Waals surface area contributed by atoms with Crippen molar-refractivity contribution < 1.29 is 19.0 Å². The third-order valence-electron chi connectivity index (χ3n) is 6.24. The maximum Gasteiger partial charge on any atom is 0.254 e. The van der Waals surface area contributed by atoms with Crippen molar-refractivity contribution in [2.45, 2.75) is 19.6 Å². The van der Waals surface area contributed by atoms with E-state index in [4.69, 9.17) is 14.2 Å². The van der Waals surface area contributed by atoms with Crippen molar-refractivity contribution in [2.24, 2.45) is 0 Å². The second kappa shape index (κ2) is 12.2. The zero-order valence-corrected chi connectivity index (χ0v) is 22.0. The summed E-state index contributed by atoms with van der Waals surface area (Å²) in [5.74, 6) is 1.25. The Hall–Kier alpha value is -5.09. The van der Waals surface area contributed by atoms with Crippen LogP contribution in [0.5, 0.6) is 11.5 Å². The van der Waals surface area contributed by atoms with Gasteiger partial charge in [-0.3, -0.25) is 4.79 Å². The van der Waals surface area contributed by atoms with E-state index in [1.807, 2.05) is 13.0 Å². The molecule has 0 bridgehead atoms. The van der Waals surface area contributed by atoms with Crippen molar-refractivity contribution >= 4 is 17.5 Å². The molecule has 1 fully saturated rings. The lowest BCUT2D eigenvalue weighted by Gasteiger charge is -2.27. The zero-order valence-electron chi connectivity index (χ0n) is 22.0. The molecule has 0 radical (unpaired) electrons. The van der Waals surface area contributed by atoms with Crippen LogP contribution in [0.25, 0.3) is 11.1 Å². The van der Waals surface area contributed by atoms with E-state index < -0.39 is 0 Å². The first-order valence-electron chi connectivity index (χ1n) is 12.6. The highest BCUT2D eigenvalue weighted by molar-refractivity contribution is 5.96. The number of hydrogen-bond acceptors (Lipinski definition) is 11. The first-order valence-corrected chi connectivity index (χ1v) is 12.6. The number of anilines is 2. The van der Waals surface area contributed by atoms with Crippen LogP contribution in [-0.2, 0) is 11.3 Å². The van der Waals surface area contributed by atoms with Gasteiger partial charge in [0, 0.05) is 36.6 Å². The third-order valence-corrected chi connectivity index (χ3v) is 6.24. The maximum absolute atomic E-state index is 13.0. The number of morpholine rings is 1. The van der Waals surface area contributed by atoms with E-state index in [2.05, 4.69) is 36.9 Å². The lowest BCUT2D eigenvalue weighted by atomic mass is 10.1. The summed E-state index contributed by atoms with van der Waals surface area (Å²) < 4.78 is 18.4. The number of nitrogens with zero attached hydrogens (tertiary/aromatic N) is 8. The second-order valence-corrected chi connectivity index (χ2v) is 9.02. The summed E-state index contributed by atoms with van der Waals surface area (Å²) in [5.41, 5.74) is 3.02. The van der Waals surface area contributed by atoms with Gasteiger partial charge < -0.3 is 24.4 Å². The molecule has 1 N–H and O–H groups in total. The highest BCUT2D eigenvalue weighted by atomic mass is 16.5. The van der Waals surface area contributed by atoms with Crippen molar-refractivity contribution in [3.8, 4) is 28.7 Å². The summed E-state index contributed by atoms with van der Waals surface area (Å²) in [7, 11) is 1.56. The van der Waals surface area contributed by atoms with Gasteiger partial charge in [0.2, 0.25) is 5.95 Å². The van der Waals surface area contributed by atoms with E-state index in [-0.39, 0.29) is 12.0 Å². The molecule has 204 valence electrons. The Bertz CT molecular complexity index is 1500. The largest absolute Gasteiger partial charge is 0.495 e. The molecule has 1 aliphatic rings. The third kappa shape index (κ3) is 6.13. The van der Waals surface area contributed by atoms with Gasteiger partial charge in [0.1, 0.15) is 30.0 Å². The Morgan fingerprint density at radius 2 is 1.93 bits per heavy atom. The van der Waals surface area contributed by atoms with E-state index in [9.17, 15) is 10.1 Å². The van der Waals surface area contributed by atoms with Gasteiger partial charge in [-0.05, 0) is 53.2 Å². The zero-order chi connectivity index (χ0) is 27.9. The summed E-state index contributed by atoms with van der Waals surface area (Å²) >= 11 is 0. The summed E-state index contributed by atoms with van der Waals surface area (Å²) in [4.78, 5) is 23.6. The molecule has 3 heterocycles. The average molecular weight is 542 g/mol. The Kier molecular flexibility index (Phi) is 8.07. The van der Waals surface area contributed by atoms with Gasteiger partial charge in [0.15, 0.2) is 0 Å². The van der Waals surface area contributed by atoms with E-state index >= 15 is 0 Å². The fourth-order valence-electron chi connectivity index (χ4n) is 4.22. The number of nitriles is 1. The summed E-state index contributed by atoms with van der Waals surface area (Å²) in [6.07, 6.45) is 4.55. The number of hydrogen-bond donors (Lipinski definition) is 1. The number of nitrogens with one attached hydrogen (secondary N) is 1. The van der Waals surface area contributed by atoms with Crippen molar-refractivity contribution in [3.05, 3.63) is 66.2 Å². The maximum atomic E-state index is 13.0. The van der Waals surface area contributed by atoms with Gasteiger partial charge in [0.25, 0.3) is 5.91 Å². The van der Waals surface area contributed by atoms with Crippen LogP contribution in [-0.4, -0.2) is 80.5 Å². The summed E-state index contributed by atoms with van der Waals surface area (Å²) in [5, 5.41) is 23.8. The van der Waals surface area contributed by atoms with E-state index in [0.29, 0.717) is 67.1 Å². The smallest absolute Gasteiger partial charge is 0.254 e. The average Bonchev–Trinajstić information content (AvgIpc) is 3.50. The summed E-state index contributed by atoms with van der Waals surface area (Å²) in [6, 6.07) is 12.7. The molecule has 0 spiro atoms. The number of carbonyl (C=O) groups is 1. The first-order chi connectivity index (χ1) is 19.5. The highest BCUT2D eigenvalue weighted by Crippen LogP contribution is 2.30. The number of benzene rings is 2. The lowest BCUT2D eigenvalue weighted by Crippen LogP contribution is -2.40. The predicted octanol–water partition coefficient (Wildman–Crippen LogP) is 2.69. The SMILES string of the molecule is COc1ccc(C(=O)N2CCOCC2)cc1Nc1ncc(-c2ccc(C#N)c(OC(C)Cn3cnnn3)c2)cn1. The van der Waals surface area contributed by atoms with Crippen LogP contribution in [0.15, 0.2) is 55.1 Å². The quantitative estimate of drug-likeness (QED) is 0.333. The Labute approximate surface area is 230 Å². The number of carbonyl (C=O) groups excluding carboxylic acids is 1. The molecule has 0 aliphatic carbocycles. The fraction of sp³-hybridized carbons (Fsp3) is 0.296. The van der Waals surface area contributed by atoms with Gasteiger partial charge in [-0.1, -0.05) is 6.07 Å². The number of tetrazole rings is 1. The van der Waals surface area contributed by atoms with E-state index in [1.54, 1.807) is 59.4 Å². The number of rotatable bonds is 9. The van der Waals surface area contributed by atoms with Crippen molar-refractivity contribution in [2.75, 3.05) is 38.7 Å². The molecule has 0 saturated carbocycles. The van der Waals surface area contributed by atoms with Crippen LogP contribution in [0.2, 0.25) is 0 Å². The monoisotopic (exact) mass is 541 g/mol. The fourth-order valence-corrected chi connectivity index (χ4v) is 4.22. The van der Waals surface area contributed by atoms with Crippen LogP contribution >= 0.6 is 0 Å². The molecule has 1 aliphatic heterocycles. The van der Waals surface area contributed by atoms with Gasteiger partial charge in [-0.15, -0.1) is 5.10 Å². The molecular formula is C27H27N9O4. The second-order valence-electron chi connectivity index (χ2n) is 9.02. The van der Waals surface area contributed by atoms with Gasteiger partial charge >= 0.3 is 0 Å². The van der Waals surface area contributed by atoms with Gasteiger partial charge in [-0.25, -0.2) is 14.6 Å². The molecule has 2 aromatic heterocycles. The normalized spacial score (nSPS) is 13.8. The number of aromatic nitrogens is 6. The predicted molar refractivity (Wildman–Crippen MR) is 143 cm³/mol. The Balaban J connectivity index is 1.32. The van der Waals surface area contributed by atoms with Crippen LogP contribution in [0.3, 0.4) is 0 Å². The minimum Gasteiger partial charge on any atom is -0.495 e. The molecule has 5 rings (SSSR count). The number of ether oxygens (including phenoxy) is 3. The molecule has 13 heteroatoms. The van der Waals surface area contributed by atoms with Crippen molar-refractivity contribution in [1.29, 1.82) is 5.26 Å². The molecule has 13 nitrogen and oxygen atoms in total. The molecule has 1 unspecified atom stereocenters. The van der Waals surface area contributed by atoms with E-state index in [0.717, 1.165) is 11.1 Å². The van der Waals surface area contributed by atoms with Crippen LogP contribution in [0.4, 0.5) is 11.6 Å². The minimum atomic E-state index is -0.283. The topological polar surface area (TPSA) is 153 Å². The molecule has 1 saturated heterocycles.